The number of imide groups is 1. The van der Waals surface area contributed by atoms with E-state index in [2.05, 4.69) is 16.0 Å². The van der Waals surface area contributed by atoms with Gasteiger partial charge in [0, 0.05) is 6.54 Å². The van der Waals surface area contributed by atoms with Crippen LogP contribution in [0.3, 0.4) is 0 Å². The van der Waals surface area contributed by atoms with Crippen LogP contribution in [0.25, 0.3) is 11.1 Å². The van der Waals surface area contributed by atoms with E-state index < -0.39 is 17.5 Å². The number of amides is 4. The molecular formula is C22H24FN3O3. The standard InChI is InChI=1S/C22H24FN3O3/c1-13-10-17(8-9-18(13)23)16-6-4-15(5-7-16)14(2)12-24-19(27)11-22(3)20(28)25-21(29)26-22/h4-10,14H,11-12H2,1-3H3,(H,24,27)(H2,25,26,28,29). The largest absolute Gasteiger partial charge is 0.355 e. The Morgan fingerprint density at radius 3 is 2.38 bits per heavy atom. The molecule has 2 aromatic rings. The van der Waals surface area contributed by atoms with Gasteiger partial charge in [0.1, 0.15) is 11.4 Å². The lowest BCUT2D eigenvalue weighted by Gasteiger charge is -2.20. The van der Waals surface area contributed by atoms with Crippen molar-refractivity contribution in [3.8, 4) is 11.1 Å². The van der Waals surface area contributed by atoms with E-state index in [0.29, 0.717) is 12.1 Å². The summed E-state index contributed by atoms with van der Waals surface area (Å²) in [6.07, 6.45) is -0.125. The number of carbonyl (C=O) groups excluding carboxylic acids is 3. The molecule has 6 nitrogen and oxygen atoms in total. The first-order valence-electron chi connectivity index (χ1n) is 9.45. The number of halogens is 1. The van der Waals surface area contributed by atoms with Crippen LogP contribution in [0, 0.1) is 12.7 Å². The molecule has 29 heavy (non-hydrogen) atoms. The molecule has 1 fully saturated rings. The van der Waals surface area contributed by atoms with Crippen LogP contribution in [0.5, 0.6) is 0 Å². The van der Waals surface area contributed by atoms with Crippen LogP contribution in [-0.4, -0.2) is 29.9 Å². The highest BCUT2D eigenvalue weighted by Gasteiger charge is 2.43. The molecule has 0 radical (unpaired) electrons. The first-order chi connectivity index (χ1) is 13.7. The zero-order valence-corrected chi connectivity index (χ0v) is 16.6. The number of carbonyl (C=O) groups is 3. The fraction of sp³-hybridized carbons (Fsp3) is 0.318. The Labute approximate surface area is 168 Å². The third-order valence-corrected chi connectivity index (χ3v) is 5.21. The van der Waals surface area contributed by atoms with Crippen molar-refractivity contribution >= 4 is 17.8 Å². The summed E-state index contributed by atoms with van der Waals surface area (Å²) in [5.41, 5.74) is 2.36. The van der Waals surface area contributed by atoms with E-state index in [1.165, 1.54) is 13.0 Å². The molecule has 1 saturated heterocycles. The van der Waals surface area contributed by atoms with Gasteiger partial charge in [-0.15, -0.1) is 0 Å². The summed E-state index contributed by atoms with van der Waals surface area (Å²) in [6, 6.07) is 12.3. The molecule has 1 aliphatic rings. The summed E-state index contributed by atoms with van der Waals surface area (Å²) in [5.74, 6) is -0.978. The van der Waals surface area contributed by atoms with Crippen molar-refractivity contribution in [3.63, 3.8) is 0 Å². The number of hydrogen-bond acceptors (Lipinski definition) is 3. The quantitative estimate of drug-likeness (QED) is 0.655. The normalized spacial score (nSPS) is 19.4. The zero-order valence-electron chi connectivity index (χ0n) is 16.6. The Hall–Kier alpha value is -3.22. The summed E-state index contributed by atoms with van der Waals surface area (Å²) in [7, 11) is 0. The van der Waals surface area contributed by atoms with Crippen LogP contribution in [-0.2, 0) is 9.59 Å². The lowest BCUT2D eigenvalue weighted by molar-refractivity contribution is -0.129. The smallest absolute Gasteiger partial charge is 0.322 e. The van der Waals surface area contributed by atoms with Crippen molar-refractivity contribution < 1.29 is 18.8 Å². The molecule has 0 bridgehead atoms. The first kappa shape index (κ1) is 20.5. The van der Waals surface area contributed by atoms with Crippen LogP contribution < -0.4 is 16.0 Å². The van der Waals surface area contributed by atoms with Gasteiger partial charge in [0.05, 0.1) is 6.42 Å². The summed E-state index contributed by atoms with van der Waals surface area (Å²) >= 11 is 0. The lowest BCUT2D eigenvalue weighted by atomic mass is 9.96. The van der Waals surface area contributed by atoms with Crippen LogP contribution >= 0.6 is 0 Å². The van der Waals surface area contributed by atoms with Crippen molar-refractivity contribution in [2.45, 2.75) is 38.6 Å². The highest BCUT2D eigenvalue weighted by atomic mass is 19.1. The van der Waals surface area contributed by atoms with Crippen LogP contribution in [0.4, 0.5) is 9.18 Å². The number of nitrogens with one attached hydrogen (secondary N) is 3. The van der Waals surface area contributed by atoms with E-state index >= 15 is 0 Å². The van der Waals surface area contributed by atoms with Crippen molar-refractivity contribution in [3.05, 3.63) is 59.4 Å². The Bertz CT molecular complexity index is 958. The van der Waals surface area contributed by atoms with E-state index in [-0.39, 0.29) is 24.1 Å². The number of hydrogen-bond donors (Lipinski definition) is 3. The Morgan fingerprint density at radius 2 is 1.79 bits per heavy atom. The Morgan fingerprint density at radius 1 is 1.14 bits per heavy atom. The molecule has 152 valence electrons. The number of rotatable bonds is 6. The van der Waals surface area contributed by atoms with Gasteiger partial charge in [0.15, 0.2) is 0 Å². The van der Waals surface area contributed by atoms with E-state index in [4.69, 9.17) is 0 Å². The molecule has 2 atom stereocenters. The molecule has 0 saturated carbocycles. The van der Waals surface area contributed by atoms with E-state index in [0.717, 1.165) is 16.7 Å². The van der Waals surface area contributed by atoms with E-state index in [1.807, 2.05) is 37.3 Å². The molecule has 0 aromatic heterocycles. The zero-order chi connectivity index (χ0) is 21.2. The van der Waals surface area contributed by atoms with Gasteiger partial charge in [-0.3, -0.25) is 14.9 Å². The number of benzene rings is 2. The third kappa shape index (κ3) is 4.62. The molecule has 3 N–H and O–H groups in total. The minimum atomic E-state index is -1.22. The first-order valence-corrected chi connectivity index (χ1v) is 9.45. The molecule has 2 aromatic carbocycles. The SMILES string of the molecule is Cc1cc(-c2ccc(C(C)CNC(=O)CC3(C)NC(=O)NC3=O)cc2)ccc1F. The van der Waals surface area contributed by atoms with Gasteiger partial charge in [-0.2, -0.15) is 0 Å². The van der Waals surface area contributed by atoms with Gasteiger partial charge in [-0.1, -0.05) is 37.3 Å². The predicted molar refractivity (Wildman–Crippen MR) is 108 cm³/mol. The highest BCUT2D eigenvalue weighted by molar-refractivity contribution is 6.08. The summed E-state index contributed by atoms with van der Waals surface area (Å²) in [5, 5.41) is 7.43. The molecule has 0 spiro atoms. The second-order valence-electron chi connectivity index (χ2n) is 7.71. The molecule has 0 aliphatic carbocycles. The van der Waals surface area contributed by atoms with Gasteiger partial charge < -0.3 is 10.6 Å². The van der Waals surface area contributed by atoms with E-state index in [9.17, 15) is 18.8 Å². The fourth-order valence-corrected chi connectivity index (χ4v) is 3.30. The maximum absolute atomic E-state index is 13.4. The van der Waals surface area contributed by atoms with Crippen LogP contribution in [0.15, 0.2) is 42.5 Å². The third-order valence-electron chi connectivity index (χ3n) is 5.21. The summed E-state index contributed by atoms with van der Waals surface area (Å²) in [4.78, 5) is 35.3. The Kier molecular flexibility index (Phi) is 5.68. The maximum atomic E-state index is 13.4. The monoisotopic (exact) mass is 397 g/mol. The summed E-state index contributed by atoms with van der Waals surface area (Å²) in [6.45, 7) is 5.65. The molecule has 3 rings (SSSR count). The predicted octanol–water partition coefficient (Wildman–Crippen LogP) is 3.01. The maximum Gasteiger partial charge on any atom is 0.322 e. The van der Waals surface area contributed by atoms with Crippen molar-refractivity contribution in [1.29, 1.82) is 0 Å². The van der Waals surface area contributed by atoms with Crippen LogP contribution in [0.1, 0.15) is 37.3 Å². The Balaban J connectivity index is 1.57. The second-order valence-corrected chi connectivity index (χ2v) is 7.71. The molecule has 7 heteroatoms. The van der Waals surface area contributed by atoms with E-state index in [1.54, 1.807) is 13.0 Å². The highest BCUT2D eigenvalue weighted by Crippen LogP contribution is 2.24. The molecule has 1 heterocycles. The van der Waals surface area contributed by atoms with Gasteiger partial charge >= 0.3 is 6.03 Å². The average Bonchev–Trinajstić information content (AvgIpc) is 2.93. The van der Waals surface area contributed by atoms with Gasteiger partial charge in [0.25, 0.3) is 5.91 Å². The van der Waals surface area contributed by atoms with Crippen LogP contribution in [0.2, 0.25) is 0 Å². The molecular weight excluding hydrogens is 373 g/mol. The topological polar surface area (TPSA) is 87.3 Å². The lowest BCUT2D eigenvalue weighted by Crippen LogP contribution is -2.47. The number of aryl methyl sites for hydroxylation is 1. The minimum absolute atomic E-state index is 0.0581. The number of urea groups is 1. The minimum Gasteiger partial charge on any atom is -0.355 e. The summed E-state index contributed by atoms with van der Waals surface area (Å²) < 4.78 is 13.4. The van der Waals surface area contributed by atoms with Crippen molar-refractivity contribution in [1.82, 2.24) is 16.0 Å². The fourth-order valence-electron chi connectivity index (χ4n) is 3.30. The molecule has 2 unspecified atom stereocenters. The molecule has 1 aliphatic heterocycles. The van der Waals surface area contributed by atoms with Crippen molar-refractivity contribution in [2.75, 3.05) is 6.54 Å². The van der Waals surface area contributed by atoms with Gasteiger partial charge in [-0.25, -0.2) is 9.18 Å². The second kappa shape index (κ2) is 8.03. The average molecular weight is 397 g/mol. The van der Waals surface area contributed by atoms with Gasteiger partial charge in [0.2, 0.25) is 5.91 Å². The molecule has 4 amide bonds. The van der Waals surface area contributed by atoms with Gasteiger partial charge in [-0.05, 0) is 54.2 Å². The van der Waals surface area contributed by atoms with Crippen molar-refractivity contribution in [2.24, 2.45) is 0 Å².